The molecule has 0 atom stereocenters. The molecule has 2 amide bonds. The predicted molar refractivity (Wildman–Crippen MR) is 70.8 cm³/mol. The fraction of sp³-hybridized carbons (Fsp3) is 0.429. The van der Waals surface area contributed by atoms with E-state index in [1.807, 2.05) is 31.2 Å². The minimum atomic E-state index is -0.360. The molecule has 0 saturated carbocycles. The van der Waals surface area contributed by atoms with Gasteiger partial charge in [-0.25, -0.2) is 4.79 Å². The maximum absolute atomic E-state index is 12.2. The smallest absolute Gasteiger partial charge is 0.411 e. The molecule has 19 heavy (non-hydrogen) atoms. The van der Waals surface area contributed by atoms with Gasteiger partial charge in [0.05, 0.1) is 13.3 Å². The van der Waals surface area contributed by atoms with Gasteiger partial charge >= 0.3 is 6.09 Å². The van der Waals surface area contributed by atoms with Crippen molar-refractivity contribution in [3.63, 3.8) is 0 Å². The van der Waals surface area contributed by atoms with Crippen molar-refractivity contribution < 1.29 is 14.3 Å². The third-order valence-electron chi connectivity index (χ3n) is 3.09. The van der Waals surface area contributed by atoms with Crippen LogP contribution in [0.15, 0.2) is 24.3 Å². The molecule has 1 aromatic carbocycles. The number of carbonyl (C=O) groups excluding carboxylic acids is 2. The molecule has 1 aromatic rings. The number of ether oxygens (including phenoxy) is 1. The van der Waals surface area contributed by atoms with Crippen LogP contribution >= 0.6 is 0 Å². The molecule has 1 heterocycles. The van der Waals surface area contributed by atoms with Gasteiger partial charge in [-0.2, -0.15) is 0 Å². The van der Waals surface area contributed by atoms with Crippen LogP contribution in [0.1, 0.15) is 22.8 Å². The average Bonchev–Trinajstić information content (AvgIpc) is 2.89. The first kappa shape index (κ1) is 13.4. The van der Waals surface area contributed by atoms with E-state index in [0.29, 0.717) is 31.9 Å². The molecule has 1 fully saturated rings. The van der Waals surface area contributed by atoms with Crippen LogP contribution in [0, 0.1) is 6.92 Å². The summed E-state index contributed by atoms with van der Waals surface area (Å²) in [6, 6.07) is 7.44. The zero-order valence-corrected chi connectivity index (χ0v) is 11.3. The molecule has 1 saturated heterocycles. The Morgan fingerprint density at radius 1 is 1.16 bits per heavy atom. The molecule has 0 radical (unpaired) electrons. The normalized spacial score (nSPS) is 14.6. The van der Waals surface area contributed by atoms with Gasteiger partial charge in [0, 0.05) is 18.7 Å². The summed E-state index contributed by atoms with van der Waals surface area (Å²) >= 11 is 0. The first-order valence-corrected chi connectivity index (χ1v) is 6.39. The first-order chi connectivity index (χ1) is 9.11. The van der Waals surface area contributed by atoms with Gasteiger partial charge in [-0.1, -0.05) is 17.7 Å². The van der Waals surface area contributed by atoms with Gasteiger partial charge in [-0.3, -0.25) is 9.69 Å². The molecule has 102 valence electrons. The van der Waals surface area contributed by atoms with Crippen molar-refractivity contribution in [2.24, 2.45) is 0 Å². The second kappa shape index (κ2) is 5.73. The maximum Gasteiger partial charge on any atom is 0.411 e. The summed E-state index contributed by atoms with van der Waals surface area (Å²) in [5.74, 6) is -0.0493. The zero-order valence-electron chi connectivity index (χ0n) is 11.3. The lowest BCUT2D eigenvalue weighted by molar-refractivity contribution is 0.0747. The fourth-order valence-electron chi connectivity index (χ4n) is 2.00. The molecule has 0 spiro atoms. The van der Waals surface area contributed by atoms with Crippen molar-refractivity contribution in [2.45, 2.75) is 13.8 Å². The van der Waals surface area contributed by atoms with Gasteiger partial charge in [0.1, 0.15) is 0 Å². The molecule has 0 aromatic heterocycles. The van der Waals surface area contributed by atoms with E-state index in [4.69, 9.17) is 4.74 Å². The Morgan fingerprint density at radius 2 is 1.79 bits per heavy atom. The van der Waals surface area contributed by atoms with Crippen LogP contribution in [0.5, 0.6) is 0 Å². The maximum atomic E-state index is 12.2. The van der Waals surface area contributed by atoms with Gasteiger partial charge in [0.2, 0.25) is 0 Å². The van der Waals surface area contributed by atoms with E-state index in [1.165, 1.54) is 4.90 Å². The number of carbonyl (C=O) groups is 2. The average molecular weight is 262 g/mol. The Morgan fingerprint density at radius 3 is 2.42 bits per heavy atom. The van der Waals surface area contributed by atoms with Crippen molar-refractivity contribution >= 4 is 12.0 Å². The Bertz CT molecular complexity index is 470. The lowest BCUT2D eigenvalue weighted by atomic mass is 10.1. The van der Waals surface area contributed by atoms with Crippen LogP contribution in [0.2, 0.25) is 0 Å². The number of amides is 2. The van der Waals surface area contributed by atoms with Crippen LogP contribution in [-0.4, -0.2) is 48.2 Å². The summed E-state index contributed by atoms with van der Waals surface area (Å²) in [6.07, 6.45) is -0.360. The Balaban J connectivity index is 1.98. The standard InChI is InChI=1S/C14H18N2O3/c1-3-19-14(18)16-9-8-15(10-16)13(17)12-6-4-11(2)5-7-12/h4-7H,3,8-10H2,1-2H3. The molecule has 0 N–H and O–H groups in total. The van der Waals surface area contributed by atoms with Crippen molar-refractivity contribution in [1.82, 2.24) is 9.80 Å². The van der Waals surface area contributed by atoms with E-state index in [-0.39, 0.29) is 12.0 Å². The van der Waals surface area contributed by atoms with E-state index in [1.54, 1.807) is 11.8 Å². The Hall–Kier alpha value is -2.04. The van der Waals surface area contributed by atoms with Gasteiger partial charge in [-0.05, 0) is 26.0 Å². The van der Waals surface area contributed by atoms with Crippen LogP contribution in [-0.2, 0) is 4.74 Å². The van der Waals surface area contributed by atoms with Crippen LogP contribution in [0.3, 0.4) is 0 Å². The van der Waals surface area contributed by atoms with Crippen LogP contribution in [0.25, 0.3) is 0 Å². The highest BCUT2D eigenvalue weighted by molar-refractivity contribution is 5.94. The first-order valence-electron chi connectivity index (χ1n) is 6.39. The summed E-state index contributed by atoms with van der Waals surface area (Å²) in [5.41, 5.74) is 1.77. The molecule has 2 rings (SSSR count). The number of benzene rings is 1. The minimum Gasteiger partial charge on any atom is -0.450 e. The molecule has 0 unspecified atom stereocenters. The van der Waals surface area contributed by atoms with Gasteiger partial charge in [0.15, 0.2) is 0 Å². The second-order valence-electron chi connectivity index (χ2n) is 4.54. The third-order valence-corrected chi connectivity index (χ3v) is 3.09. The Labute approximate surface area is 112 Å². The predicted octanol–water partition coefficient (Wildman–Crippen LogP) is 1.87. The molecule has 5 nitrogen and oxygen atoms in total. The second-order valence-corrected chi connectivity index (χ2v) is 4.54. The van der Waals surface area contributed by atoms with Gasteiger partial charge in [-0.15, -0.1) is 0 Å². The summed E-state index contributed by atoms with van der Waals surface area (Å²) in [6.45, 7) is 5.46. The highest BCUT2D eigenvalue weighted by Gasteiger charge is 2.28. The highest BCUT2D eigenvalue weighted by Crippen LogP contribution is 2.12. The quantitative estimate of drug-likeness (QED) is 0.817. The summed E-state index contributed by atoms with van der Waals surface area (Å²) < 4.78 is 4.92. The topological polar surface area (TPSA) is 49.9 Å². The van der Waals surface area contributed by atoms with E-state index >= 15 is 0 Å². The molecular formula is C14H18N2O3. The summed E-state index contributed by atoms with van der Waals surface area (Å²) in [7, 11) is 0. The van der Waals surface area contributed by atoms with E-state index in [9.17, 15) is 9.59 Å². The van der Waals surface area contributed by atoms with Gasteiger partial charge < -0.3 is 9.64 Å². The van der Waals surface area contributed by atoms with Crippen molar-refractivity contribution in [3.05, 3.63) is 35.4 Å². The molecule has 0 aliphatic carbocycles. The lowest BCUT2D eigenvalue weighted by Gasteiger charge is -2.18. The minimum absolute atomic E-state index is 0.0493. The van der Waals surface area contributed by atoms with E-state index in [0.717, 1.165) is 5.56 Å². The molecule has 0 bridgehead atoms. The van der Waals surface area contributed by atoms with Crippen molar-refractivity contribution in [2.75, 3.05) is 26.4 Å². The van der Waals surface area contributed by atoms with Gasteiger partial charge in [0.25, 0.3) is 5.91 Å². The van der Waals surface area contributed by atoms with E-state index < -0.39 is 0 Å². The number of hydrogen-bond donors (Lipinski definition) is 0. The van der Waals surface area contributed by atoms with Crippen LogP contribution in [0.4, 0.5) is 4.79 Å². The van der Waals surface area contributed by atoms with Crippen LogP contribution < -0.4 is 0 Å². The number of aryl methyl sites for hydroxylation is 1. The summed E-state index contributed by atoms with van der Waals surface area (Å²) in [5, 5.41) is 0. The zero-order chi connectivity index (χ0) is 13.8. The third kappa shape index (κ3) is 3.05. The largest absolute Gasteiger partial charge is 0.450 e. The number of hydrogen-bond acceptors (Lipinski definition) is 3. The molecule has 5 heteroatoms. The summed E-state index contributed by atoms with van der Waals surface area (Å²) in [4.78, 5) is 27.0. The number of nitrogens with zero attached hydrogens (tertiary/aromatic N) is 2. The van der Waals surface area contributed by atoms with Crippen molar-refractivity contribution in [1.29, 1.82) is 0 Å². The monoisotopic (exact) mass is 262 g/mol. The molecule has 1 aliphatic rings. The lowest BCUT2D eigenvalue weighted by Crippen LogP contribution is -2.34. The molecule has 1 aliphatic heterocycles. The van der Waals surface area contributed by atoms with E-state index in [2.05, 4.69) is 0 Å². The number of rotatable bonds is 2. The van der Waals surface area contributed by atoms with Crippen molar-refractivity contribution in [3.8, 4) is 0 Å². The fourth-order valence-corrected chi connectivity index (χ4v) is 2.00. The highest BCUT2D eigenvalue weighted by atomic mass is 16.6. The Kier molecular flexibility index (Phi) is 4.04. The SMILES string of the molecule is CCOC(=O)N1CCN(C(=O)c2ccc(C)cc2)C1. The molecular weight excluding hydrogens is 244 g/mol.